The minimum atomic E-state index is -3.26. The maximum Gasteiger partial charge on any atom is 0.227 e. The van der Waals surface area contributed by atoms with Gasteiger partial charge >= 0.3 is 0 Å². The van der Waals surface area contributed by atoms with Crippen LogP contribution >= 0.6 is 0 Å². The lowest BCUT2D eigenvalue weighted by Crippen LogP contribution is -2.21. The minimum Gasteiger partial charge on any atom is -0.382 e. The topological polar surface area (TPSA) is 152 Å². The number of sulfone groups is 1. The SMILES string of the molecule is Cc1cc(Nc2nc(NCc3cc(F)c(F)c(NCCS(C)(=O)=O)c3)nc3c2cnn3C2CCOCC2)n[nH]1. The first-order valence-electron chi connectivity index (χ1n) is 12.4. The summed E-state index contributed by atoms with van der Waals surface area (Å²) in [5.41, 5.74) is 1.77. The van der Waals surface area contributed by atoms with Gasteiger partial charge in [-0.1, -0.05) is 0 Å². The second-order valence-electron chi connectivity index (χ2n) is 9.48. The summed E-state index contributed by atoms with van der Waals surface area (Å²) in [7, 11) is -3.26. The maximum atomic E-state index is 14.3. The van der Waals surface area contributed by atoms with Crippen LogP contribution in [0.5, 0.6) is 0 Å². The highest BCUT2D eigenvalue weighted by molar-refractivity contribution is 7.90. The first-order chi connectivity index (χ1) is 18.7. The van der Waals surface area contributed by atoms with Gasteiger partial charge in [0.2, 0.25) is 5.95 Å². The number of aryl methyl sites for hydroxylation is 1. The van der Waals surface area contributed by atoms with Crippen LogP contribution in [0.1, 0.15) is 30.1 Å². The average molecular weight is 562 g/mol. The Labute approximate surface area is 223 Å². The van der Waals surface area contributed by atoms with Gasteiger partial charge in [0.15, 0.2) is 23.1 Å². The molecule has 12 nitrogen and oxygen atoms in total. The predicted molar refractivity (Wildman–Crippen MR) is 143 cm³/mol. The number of H-pyrrole nitrogens is 1. The van der Waals surface area contributed by atoms with Gasteiger partial charge in [0.1, 0.15) is 15.7 Å². The molecule has 0 atom stereocenters. The smallest absolute Gasteiger partial charge is 0.227 e. The Kier molecular flexibility index (Phi) is 7.61. The fraction of sp³-hybridized carbons (Fsp3) is 0.417. The van der Waals surface area contributed by atoms with Crippen molar-refractivity contribution in [2.45, 2.75) is 32.4 Å². The molecule has 4 heterocycles. The second kappa shape index (κ2) is 11.1. The minimum absolute atomic E-state index is 0.0518. The van der Waals surface area contributed by atoms with E-state index in [4.69, 9.17) is 9.72 Å². The van der Waals surface area contributed by atoms with Gasteiger partial charge < -0.3 is 20.7 Å². The lowest BCUT2D eigenvalue weighted by molar-refractivity contribution is 0.0673. The van der Waals surface area contributed by atoms with E-state index in [0.717, 1.165) is 30.9 Å². The molecule has 0 radical (unpaired) electrons. The van der Waals surface area contributed by atoms with Crippen molar-refractivity contribution in [3.8, 4) is 0 Å². The molecule has 0 saturated carbocycles. The Morgan fingerprint density at radius 2 is 1.95 bits per heavy atom. The van der Waals surface area contributed by atoms with E-state index in [9.17, 15) is 17.2 Å². The predicted octanol–water partition coefficient (Wildman–Crippen LogP) is 3.30. The summed E-state index contributed by atoms with van der Waals surface area (Å²) >= 11 is 0. The first-order valence-corrected chi connectivity index (χ1v) is 14.5. The van der Waals surface area contributed by atoms with E-state index in [-0.39, 0.29) is 36.5 Å². The molecule has 208 valence electrons. The summed E-state index contributed by atoms with van der Waals surface area (Å²) < 4.78 is 58.8. The molecule has 0 spiro atoms. The Morgan fingerprint density at radius 3 is 2.67 bits per heavy atom. The molecular weight excluding hydrogens is 532 g/mol. The molecule has 1 aliphatic rings. The van der Waals surface area contributed by atoms with E-state index < -0.39 is 21.5 Å². The number of nitrogens with one attached hydrogen (secondary N) is 4. The van der Waals surface area contributed by atoms with Crippen molar-refractivity contribution in [3.63, 3.8) is 0 Å². The number of hydrogen-bond acceptors (Lipinski definition) is 10. The molecule has 1 saturated heterocycles. The zero-order valence-corrected chi connectivity index (χ0v) is 22.3. The molecule has 0 bridgehead atoms. The molecule has 1 aromatic carbocycles. The number of fused-ring (bicyclic) bond motifs is 1. The fourth-order valence-electron chi connectivity index (χ4n) is 4.33. The van der Waals surface area contributed by atoms with E-state index in [1.807, 2.05) is 17.7 Å². The highest BCUT2D eigenvalue weighted by atomic mass is 32.2. The Balaban J connectivity index is 1.42. The number of hydrogen-bond donors (Lipinski definition) is 4. The highest BCUT2D eigenvalue weighted by Crippen LogP contribution is 2.30. The molecule has 4 N–H and O–H groups in total. The summed E-state index contributed by atoms with van der Waals surface area (Å²) in [6.45, 7) is 3.18. The lowest BCUT2D eigenvalue weighted by Gasteiger charge is -2.22. The normalized spacial score (nSPS) is 14.6. The van der Waals surface area contributed by atoms with Crippen molar-refractivity contribution in [2.24, 2.45) is 0 Å². The molecule has 5 rings (SSSR count). The summed E-state index contributed by atoms with van der Waals surface area (Å²) in [6.07, 6.45) is 4.39. The molecule has 0 unspecified atom stereocenters. The van der Waals surface area contributed by atoms with Crippen molar-refractivity contribution in [2.75, 3.05) is 47.7 Å². The summed E-state index contributed by atoms with van der Waals surface area (Å²) in [5.74, 6) is -1.03. The standard InChI is InChI=1S/C24H29F2N9O3S/c1-14-9-20(34-33-14)30-22-17-13-29-35(16-3-6-38-7-4-16)23(17)32-24(31-22)28-12-15-10-18(25)21(26)19(11-15)27-5-8-39(2,36)37/h9-11,13,16,27H,3-8,12H2,1-2H3,(H3,28,30,31,32,33,34). The highest BCUT2D eigenvalue weighted by Gasteiger charge is 2.22. The van der Waals surface area contributed by atoms with Crippen LogP contribution in [0, 0.1) is 18.6 Å². The molecule has 4 aromatic rings. The number of nitrogens with zero attached hydrogens (tertiary/aromatic N) is 5. The molecule has 0 amide bonds. The van der Waals surface area contributed by atoms with Crippen LogP contribution in [0.25, 0.3) is 11.0 Å². The van der Waals surface area contributed by atoms with Crippen molar-refractivity contribution >= 4 is 44.1 Å². The number of halogens is 2. The number of benzene rings is 1. The molecular formula is C24H29F2N9O3S. The van der Waals surface area contributed by atoms with E-state index in [1.165, 1.54) is 6.07 Å². The Bertz CT molecular complexity index is 1580. The number of aromatic amines is 1. The van der Waals surface area contributed by atoms with Crippen molar-refractivity contribution in [1.29, 1.82) is 0 Å². The molecule has 1 aliphatic heterocycles. The third-order valence-electron chi connectivity index (χ3n) is 6.27. The van der Waals surface area contributed by atoms with Gasteiger partial charge in [-0.25, -0.2) is 21.9 Å². The van der Waals surface area contributed by atoms with Crippen molar-refractivity contribution in [1.82, 2.24) is 29.9 Å². The van der Waals surface area contributed by atoms with E-state index >= 15 is 0 Å². The van der Waals surface area contributed by atoms with Crippen LogP contribution in [0.2, 0.25) is 0 Å². The lowest BCUT2D eigenvalue weighted by atomic mass is 10.1. The number of ether oxygens (including phenoxy) is 1. The van der Waals surface area contributed by atoms with Crippen LogP contribution in [0.4, 0.5) is 32.1 Å². The Morgan fingerprint density at radius 1 is 1.15 bits per heavy atom. The molecule has 1 fully saturated rings. The third kappa shape index (κ3) is 6.42. The van der Waals surface area contributed by atoms with Gasteiger partial charge in [0.05, 0.1) is 29.1 Å². The quantitative estimate of drug-likeness (QED) is 0.227. The molecule has 15 heteroatoms. The van der Waals surface area contributed by atoms with E-state index in [0.29, 0.717) is 41.4 Å². The molecule has 39 heavy (non-hydrogen) atoms. The summed E-state index contributed by atoms with van der Waals surface area (Å²) in [4.78, 5) is 9.29. The van der Waals surface area contributed by atoms with Gasteiger partial charge in [-0.2, -0.15) is 20.2 Å². The number of rotatable bonds is 10. The number of aromatic nitrogens is 6. The number of anilines is 4. The zero-order valence-electron chi connectivity index (χ0n) is 21.5. The summed E-state index contributed by atoms with van der Waals surface area (Å²) in [5, 5.41) is 21.3. The second-order valence-corrected chi connectivity index (χ2v) is 11.7. The van der Waals surface area contributed by atoms with Gasteiger partial charge in [0.25, 0.3) is 0 Å². The maximum absolute atomic E-state index is 14.3. The van der Waals surface area contributed by atoms with Crippen LogP contribution in [-0.4, -0.2) is 70.1 Å². The fourth-order valence-corrected chi connectivity index (χ4v) is 4.80. The van der Waals surface area contributed by atoms with Gasteiger partial charge in [-0.15, -0.1) is 0 Å². The summed E-state index contributed by atoms with van der Waals surface area (Å²) in [6, 6.07) is 4.44. The first kappa shape index (κ1) is 26.7. The van der Waals surface area contributed by atoms with Gasteiger partial charge in [0, 0.05) is 44.3 Å². The van der Waals surface area contributed by atoms with E-state index in [2.05, 4.69) is 36.2 Å². The van der Waals surface area contributed by atoms with Crippen LogP contribution in [0.15, 0.2) is 24.4 Å². The van der Waals surface area contributed by atoms with Crippen molar-refractivity contribution < 1.29 is 21.9 Å². The van der Waals surface area contributed by atoms with Gasteiger partial charge in [-0.3, -0.25) is 5.10 Å². The largest absolute Gasteiger partial charge is 0.382 e. The molecule has 3 aromatic heterocycles. The zero-order chi connectivity index (χ0) is 27.6. The van der Waals surface area contributed by atoms with Crippen LogP contribution < -0.4 is 16.0 Å². The monoisotopic (exact) mass is 561 g/mol. The van der Waals surface area contributed by atoms with Crippen LogP contribution in [-0.2, 0) is 21.1 Å². The third-order valence-corrected chi connectivity index (χ3v) is 7.22. The van der Waals surface area contributed by atoms with Crippen LogP contribution in [0.3, 0.4) is 0 Å². The Hall–Kier alpha value is -3.85. The average Bonchev–Trinajstić information content (AvgIpc) is 3.51. The molecule has 0 aliphatic carbocycles. The van der Waals surface area contributed by atoms with E-state index in [1.54, 1.807) is 6.20 Å². The van der Waals surface area contributed by atoms with Gasteiger partial charge in [-0.05, 0) is 37.5 Å². The van der Waals surface area contributed by atoms with Crippen molar-refractivity contribution in [3.05, 3.63) is 47.3 Å².